The fourth-order valence-electron chi connectivity index (χ4n) is 1.91. The van der Waals surface area contributed by atoms with Gasteiger partial charge in [0.2, 0.25) is 0 Å². The molecule has 3 heterocycles. The van der Waals surface area contributed by atoms with Crippen LogP contribution in [0.3, 0.4) is 0 Å². The number of carbonyl (C=O) groups is 1. The molecule has 0 aliphatic heterocycles. The number of hydrazone groups is 1. The molecule has 6 heteroatoms. The Hall–Kier alpha value is -3.41. The zero-order valence-corrected chi connectivity index (χ0v) is 12.1. The van der Waals surface area contributed by atoms with Gasteiger partial charge in [-0.15, -0.1) is 0 Å². The summed E-state index contributed by atoms with van der Waals surface area (Å²) in [5, 5.41) is 4.19. The number of rotatable bonds is 4. The standard InChI is InChI=1S/C17H13N5O/c23-17(15-9-3-6-12-20-15)22-21-16(13-7-1-4-10-18-13)14-8-2-5-11-19-14/h1-12H,(H,22,23). The van der Waals surface area contributed by atoms with Gasteiger partial charge in [0.15, 0.2) is 0 Å². The average molecular weight is 303 g/mol. The van der Waals surface area contributed by atoms with Crippen LogP contribution in [0.4, 0.5) is 0 Å². The van der Waals surface area contributed by atoms with E-state index in [2.05, 4.69) is 25.5 Å². The SMILES string of the molecule is O=C(NN=C(c1ccccn1)c1ccccn1)c1ccccn1. The molecule has 112 valence electrons. The van der Waals surface area contributed by atoms with Crippen molar-refractivity contribution in [1.82, 2.24) is 20.4 Å². The third kappa shape index (κ3) is 3.62. The van der Waals surface area contributed by atoms with Crippen LogP contribution in [0.15, 0.2) is 78.3 Å². The van der Waals surface area contributed by atoms with Crippen molar-refractivity contribution in [3.8, 4) is 0 Å². The van der Waals surface area contributed by atoms with E-state index in [1.54, 1.807) is 48.9 Å². The quantitative estimate of drug-likeness (QED) is 0.591. The lowest BCUT2D eigenvalue weighted by atomic mass is 10.1. The van der Waals surface area contributed by atoms with Crippen LogP contribution in [0.2, 0.25) is 0 Å². The molecule has 0 atom stereocenters. The monoisotopic (exact) mass is 303 g/mol. The molecule has 23 heavy (non-hydrogen) atoms. The van der Waals surface area contributed by atoms with Crippen molar-refractivity contribution in [1.29, 1.82) is 0 Å². The van der Waals surface area contributed by atoms with E-state index in [1.807, 2.05) is 24.3 Å². The number of pyridine rings is 3. The zero-order chi connectivity index (χ0) is 15.9. The highest BCUT2D eigenvalue weighted by Gasteiger charge is 2.11. The van der Waals surface area contributed by atoms with Gasteiger partial charge in [0.1, 0.15) is 11.4 Å². The third-order valence-electron chi connectivity index (χ3n) is 2.98. The van der Waals surface area contributed by atoms with Crippen LogP contribution >= 0.6 is 0 Å². The van der Waals surface area contributed by atoms with Crippen LogP contribution in [0.25, 0.3) is 0 Å². The Kier molecular flexibility index (Phi) is 4.44. The summed E-state index contributed by atoms with van der Waals surface area (Å²) in [4.78, 5) is 24.6. The molecule has 0 saturated carbocycles. The second-order valence-electron chi connectivity index (χ2n) is 4.55. The number of carbonyl (C=O) groups excluding carboxylic acids is 1. The Labute approximate surface area is 133 Å². The van der Waals surface area contributed by atoms with Crippen LogP contribution in [0, 0.1) is 0 Å². The zero-order valence-electron chi connectivity index (χ0n) is 12.1. The number of nitrogens with zero attached hydrogens (tertiary/aromatic N) is 4. The Morgan fingerprint density at radius 3 is 1.65 bits per heavy atom. The molecule has 0 radical (unpaired) electrons. The van der Waals surface area contributed by atoms with Crippen molar-refractivity contribution in [3.63, 3.8) is 0 Å². The smallest absolute Gasteiger partial charge is 0.266 e. The minimum atomic E-state index is -0.394. The summed E-state index contributed by atoms with van der Waals surface area (Å²) >= 11 is 0. The Morgan fingerprint density at radius 2 is 1.22 bits per heavy atom. The largest absolute Gasteiger partial charge is 0.289 e. The van der Waals surface area contributed by atoms with Crippen molar-refractivity contribution in [2.75, 3.05) is 0 Å². The van der Waals surface area contributed by atoms with Gasteiger partial charge in [0.05, 0.1) is 11.4 Å². The normalized spacial score (nSPS) is 9.91. The molecule has 0 aliphatic rings. The van der Waals surface area contributed by atoms with Crippen molar-refractivity contribution in [2.45, 2.75) is 0 Å². The number of aromatic nitrogens is 3. The van der Waals surface area contributed by atoms with E-state index in [0.717, 1.165) is 0 Å². The number of hydrogen-bond acceptors (Lipinski definition) is 5. The molecule has 0 spiro atoms. The maximum atomic E-state index is 12.1. The van der Waals surface area contributed by atoms with Gasteiger partial charge < -0.3 is 0 Å². The molecule has 0 saturated heterocycles. The van der Waals surface area contributed by atoms with Gasteiger partial charge in [-0.05, 0) is 36.4 Å². The van der Waals surface area contributed by atoms with E-state index in [9.17, 15) is 4.79 Å². The average Bonchev–Trinajstić information content (AvgIpc) is 2.64. The van der Waals surface area contributed by atoms with E-state index in [0.29, 0.717) is 17.1 Å². The first-order valence-electron chi connectivity index (χ1n) is 6.96. The van der Waals surface area contributed by atoms with E-state index >= 15 is 0 Å². The molecule has 0 aliphatic carbocycles. The predicted octanol–water partition coefficient (Wildman–Crippen LogP) is 2.05. The van der Waals surface area contributed by atoms with E-state index < -0.39 is 5.91 Å². The highest BCUT2D eigenvalue weighted by molar-refractivity contribution is 6.10. The summed E-state index contributed by atoms with van der Waals surface area (Å²) in [5.41, 5.74) is 4.51. The van der Waals surface area contributed by atoms with E-state index in [4.69, 9.17) is 0 Å². The van der Waals surface area contributed by atoms with Crippen LogP contribution < -0.4 is 5.43 Å². The molecule has 1 N–H and O–H groups in total. The van der Waals surface area contributed by atoms with Crippen LogP contribution in [-0.4, -0.2) is 26.6 Å². The molecule has 0 unspecified atom stereocenters. The molecule has 0 aromatic carbocycles. The van der Waals surface area contributed by atoms with Crippen molar-refractivity contribution in [2.24, 2.45) is 5.10 Å². The summed E-state index contributed by atoms with van der Waals surface area (Å²) in [6.45, 7) is 0. The number of amides is 1. The minimum Gasteiger partial charge on any atom is -0.266 e. The van der Waals surface area contributed by atoms with E-state index in [-0.39, 0.29) is 5.69 Å². The summed E-state index contributed by atoms with van der Waals surface area (Å²) in [7, 11) is 0. The fourth-order valence-corrected chi connectivity index (χ4v) is 1.91. The van der Waals surface area contributed by atoms with Gasteiger partial charge in [0, 0.05) is 18.6 Å². The molecule has 3 aromatic rings. The van der Waals surface area contributed by atoms with Crippen molar-refractivity contribution in [3.05, 3.63) is 90.3 Å². The molecule has 3 aromatic heterocycles. The number of nitrogens with one attached hydrogen (secondary N) is 1. The summed E-state index contributed by atoms with van der Waals surface area (Å²) < 4.78 is 0. The van der Waals surface area contributed by atoms with Gasteiger partial charge in [-0.1, -0.05) is 18.2 Å². The first kappa shape index (κ1) is 14.5. The molecule has 1 amide bonds. The lowest BCUT2D eigenvalue weighted by molar-refractivity contribution is 0.0950. The maximum Gasteiger partial charge on any atom is 0.289 e. The van der Waals surface area contributed by atoms with Crippen LogP contribution in [0.1, 0.15) is 21.9 Å². The van der Waals surface area contributed by atoms with Crippen molar-refractivity contribution < 1.29 is 4.79 Å². The number of hydrogen-bond donors (Lipinski definition) is 1. The first-order valence-corrected chi connectivity index (χ1v) is 6.96. The highest BCUT2D eigenvalue weighted by Crippen LogP contribution is 2.05. The molecule has 0 fully saturated rings. The first-order chi connectivity index (χ1) is 11.3. The Morgan fingerprint density at radius 1 is 0.739 bits per heavy atom. The summed E-state index contributed by atoms with van der Waals surface area (Å²) in [6, 6.07) is 16.0. The van der Waals surface area contributed by atoms with Gasteiger partial charge in [-0.25, -0.2) is 5.43 Å². The molecule has 6 nitrogen and oxygen atoms in total. The molecule has 0 bridgehead atoms. The Bertz CT molecular complexity index is 763. The fraction of sp³-hybridized carbons (Fsp3) is 0. The van der Waals surface area contributed by atoms with Gasteiger partial charge in [-0.2, -0.15) is 5.10 Å². The second kappa shape index (κ2) is 7.04. The molecular weight excluding hydrogens is 290 g/mol. The summed E-state index contributed by atoms with van der Waals surface area (Å²) in [5.74, 6) is -0.394. The van der Waals surface area contributed by atoms with Gasteiger partial charge in [0.25, 0.3) is 5.91 Å². The second-order valence-corrected chi connectivity index (χ2v) is 4.55. The maximum absolute atomic E-state index is 12.1. The predicted molar refractivity (Wildman–Crippen MR) is 85.8 cm³/mol. The molecule has 3 rings (SSSR count). The Balaban J connectivity index is 1.91. The van der Waals surface area contributed by atoms with Gasteiger partial charge in [-0.3, -0.25) is 19.7 Å². The highest BCUT2D eigenvalue weighted by atomic mass is 16.2. The molecular formula is C17H13N5O. The summed E-state index contributed by atoms with van der Waals surface area (Å²) in [6.07, 6.45) is 4.87. The van der Waals surface area contributed by atoms with E-state index in [1.165, 1.54) is 0 Å². The van der Waals surface area contributed by atoms with Crippen LogP contribution in [0.5, 0.6) is 0 Å². The lowest BCUT2D eigenvalue weighted by Crippen LogP contribution is -2.22. The minimum absolute atomic E-state index is 0.289. The topological polar surface area (TPSA) is 80.1 Å². The van der Waals surface area contributed by atoms with Crippen molar-refractivity contribution >= 4 is 11.6 Å². The third-order valence-corrected chi connectivity index (χ3v) is 2.98. The van der Waals surface area contributed by atoms with Crippen LogP contribution in [-0.2, 0) is 0 Å². The van der Waals surface area contributed by atoms with Gasteiger partial charge >= 0.3 is 0 Å². The lowest BCUT2D eigenvalue weighted by Gasteiger charge is -2.06.